The number of methoxy groups -OCH3 is 1. The molecule has 0 spiro atoms. The number of carbonyl (C=O) groups is 2. The van der Waals surface area contributed by atoms with E-state index in [2.05, 4.69) is 10.6 Å². The van der Waals surface area contributed by atoms with E-state index < -0.39 is 12.1 Å². The summed E-state index contributed by atoms with van der Waals surface area (Å²) in [5.41, 5.74) is 0.735. The van der Waals surface area contributed by atoms with Crippen LogP contribution in [-0.2, 0) is 4.79 Å². The monoisotopic (exact) mass is 206 g/mol. The molecule has 1 fully saturated rings. The normalized spacial score (nSPS) is 19.7. The van der Waals surface area contributed by atoms with Crippen LogP contribution in [0, 0.1) is 0 Å². The van der Waals surface area contributed by atoms with E-state index in [1.165, 1.54) is 0 Å². The third-order valence-corrected chi connectivity index (χ3v) is 2.22. The summed E-state index contributed by atoms with van der Waals surface area (Å²) in [6, 6.07) is 5.92. The number of ether oxygens (including phenoxy) is 1. The van der Waals surface area contributed by atoms with Crippen molar-refractivity contribution in [3.8, 4) is 5.75 Å². The third-order valence-electron chi connectivity index (χ3n) is 2.22. The predicted octanol–water partition coefficient (Wildman–Crippen LogP) is 0.576. The number of imide groups is 1. The van der Waals surface area contributed by atoms with E-state index in [-0.39, 0.29) is 5.91 Å². The number of benzene rings is 1. The average molecular weight is 206 g/mol. The first-order chi connectivity index (χ1) is 7.20. The average Bonchev–Trinajstić information content (AvgIpc) is 2.58. The molecule has 5 nitrogen and oxygen atoms in total. The lowest BCUT2D eigenvalue weighted by Gasteiger charge is -2.07. The molecule has 0 aromatic heterocycles. The molecular weight excluding hydrogens is 196 g/mol. The largest absolute Gasteiger partial charge is 0.497 e. The first-order valence-corrected chi connectivity index (χ1v) is 4.46. The lowest BCUT2D eigenvalue weighted by molar-refractivity contribution is -0.120. The molecule has 0 unspecified atom stereocenters. The molecule has 0 aliphatic carbocycles. The van der Waals surface area contributed by atoms with Crippen LogP contribution in [0.2, 0.25) is 0 Å². The van der Waals surface area contributed by atoms with Gasteiger partial charge < -0.3 is 10.1 Å². The molecule has 0 saturated carbocycles. The second-order valence-corrected chi connectivity index (χ2v) is 3.17. The molecule has 5 heteroatoms. The Hall–Kier alpha value is -2.04. The van der Waals surface area contributed by atoms with Gasteiger partial charge in [0.05, 0.1) is 7.11 Å². The Morgan fingerprint density at radius 2 is 1.87 bits per heavy atom. The van der Waals surface area contributed by atoms with E-state index in [0.29, 0.717) is 5.75 Å². The van der Waals surface area contributed by atoms with E-state index in [1.54, 1.807) is 31.4 Å². The summed E-state index contributed by atoms with van der Waals surface area (Å²) in [5.74, 6) is 0.383. The lowest BCUT2D eigenvalue weighted by atomic mass is 10.1. The van der Waals surface area contributed by atoms with Crippen molar-refractivity contribution in [3.63, 3.8) is 0 Å². The van der Waals surface area contributed by atoms with Gasteiger partial charge in [-0.1, -0.05) is 12.1 Å². The SMILES string of the molecule is COc1ccc([C@H]2NC(=O)NC2=O)cc1. The minimum absolute atomic E-state index is 0.329. The van der Waals surface area contributed by atoms with E-state index in [4.69, 9.17) is 4.74 Å². The molecule has 2 rings (SSSR count). The maximum absolute atomic E-state index is 11.3. The number of rotatable bonds is 2. The second kappa shape index (κ2) is 3.61. The van der Waals surface area contributed by atoms with Crippen LogP contribution in [0.25, 0.3) is 0 Å². The summed E-state index contributed by atoms with van der Waals surface area (Å²) in [6.07, 6.45) is 0. The zero-order chi connectivity index (χ0) is 10.8. The molecule has 1 heterocycles. The molecule has 3 amide bonds. The van der Waals surface area contributed by atoms with Crippen molar-refractivity contribution in [2.75, 3.05) is 7.11 Å². The first-order valence-electron chi connectivity index (χ1n) is 4.46. The Morgan fingerprint density at radius 1 is 1.20 bits per heavy atom. The third kappa shape index (κ3) is 1.76. The Balaban J connectivity index is 2.22. The van der Waals surface area contributed by atoms with E-state index in [0.717, 1.165) is 5.56 Å². The number of hydrogen-bond acceptors (Lipinski definition) is 3. The second-order valence-electron chi connectivity index (χ2n) is 3.17. The molecule has 0 radical (unpaired) electrons. The van der Waals surface area contributed by atoms with Crippen molar-refractivity contribution in [1.29, 1.82) is 0 Å². The Bertz CT molecular complexity index is 400. The van der Waals surface area contributed by atoms with Gasteiger partial charge in [0.1, 0.15) is 11.8 Å². The lowest BCUT2D eigenvalue weighted by Crippen LogP contribution is -2.22. The van der Waals surface area contributed by atoms with Crippen molar-refractivity contribution in [1.82, 2.24) is 10.6 Å². The minimum atomic E-state index is -0.594. The van der Waals surface area contributed by atoms with Gasteiger partial charge in [0.15, 0.2) is 0 Å². The van der Waals surface area contributed by atoms with Crippen LogP contribution < -0.4 is 15.4 Å². The molecule has 1 aromatic rings. The maximum atomic E-state index is 11.3. The molecule has 1 atom stereocenters. The summed E-state index contributed by atoms with van der Waals surface area (Å²) >= 11 is 0. The maximum Gasteiger partial charge on any atom is 0.322 e. The van der Waals surface area contributed by atoms with Crippen molar-refractivity contribution in [2.24, 2.45) is 0 Å². The van der Waals surface area contributed by atoms with Crippen LogP contribution in [0.3, 0.4) is 0 Å². The smallest absolute Gasteiger partial charge is 0.322 e. The molecule has 78 valence electrons. The standard InChI is InChI=1S/C10H10N2O3/c1-15-7-4-2-6(3-5-7)8-9(13)12-10(14)11-8/h2-5,8H,1H3,(H2,11,12,13,14)/t8-/m1/s1. The van der Waals surface area contributed by atoms with Crippen LogP contribution in [0.1, 0.15) is 11.6 Å². The number of nitrogens with one attached hydrogen (secondary N) is 2. The van der Waals surface area contributed by atoms with Gasteiger partial charge in [0.2, 0.25) is 0 Å². The van der Waals surface area contributed by atoms with E-state index in [1.807, 2.05) is 0 Å². The van der Waals surface area contributed by atoms with E-state index in [9.17, 15) is 9.59 Å². The van der Waals surface area contributed by atoms with Crippen LogP contribution in [0.5, 0.6) is 5.75 Å². The summed E-state index contributed by atoms with van der Waals surface area (Å²) in [4.78, 5) is 22.2. The highest BCUT2D eigenvalue weighted by molar-refractivity contribution is 6.04. The van der Waals surface area contributed by atoms with Gasteiger partial charge in [0.25, 0.3) is 5.91 Å². The number of hydrogen-bond donors (Lipinski definition) is 2. The number of amides is 3. The van der Waals surface area contributed by atoms with Crippen molar-refractivity contribution in [2.45, 2.75) is 6.04 Å². The molecule has 1 aliphatic rings. The molecule has 1 aromatic carbocycles. The highest BCUT2D eigenvalue weighted by Gasteiger charge is 2.30. The van der Waals surface area contributed by atoms with Crippen molar-refractivity contribution >= 4 is 11.9 Å². The summed E-state index contributed by atoms with van der Waals surface area (Å²) in [5, 5.41) is 4.69. The summed E-state index contributed by atoms with van der Waals surface area (Å²) < 4.78 is 4.99. The Kier molecular flexibility index (Phi) is 2.29. The van der Waals surface area contributed by atoms with Gasteiger partial charge in [-0.2, -0.15) is 0 Å². The summed E-state index contributed by atoms with van der Waals surface area (Å²) in [7, 11) is 1.57. The van der Waals surface area contributed by atoms with Crippen molar-refractivity contribution in [3.05, 3.63) is 29.8 Å². The fourth-order valence-electron chi connectivity index (χ4n) is 1.45. The van der Waals surface area contributed by atoms with Crippen LogP contribution >= 0.6 is 0 Å². The molecule has 1 saturated heterocycles. The van der Waals surface area contributed by atoms with Gasteiger partial charge in [-0.25, -0.2) is 4.79 Å². The Morgan fingerprint density at radius 3 is 2.33 bits per heavy atom. The molecule has 0 bridgehead atoms. The zero-order valence-corrected chi connectivity index (χ0v) is 8.11. The van der Waals surface area contributed by atoms with Crippen molar-refractivity contribution < 1.29 is 14.3 Å². The zero-order valence-electron chi connectivity index (χ0n) is 8.11. The number of urea groups is 1. The van der Waals surface area contributed by atoms with Gasteiger partial charge in [-0.15, -0.1) is 0 Å². The van der Waals surface area contributed by atoms with Gasteiger partial charge in [-0.05, 0) is 17.7 Å². The van der Waals surface area contributed by atoms with E-state index >= 15 is 0 Å². The molecule has 1 aliphatic heterocycles. The van der Waals surface area contributed by atoms with Gasteiger partial charge >= 0.3 is 6.03 Å². The highest BCUT2D eigenvalue weighted by atomic mass is 16.5. The van der Waals surface area contributed by atoms with Gasteiger partial charge in [-0.3, -0.25) is 10.1 Å². The van der Waals surface area contributed by atoms with Crippen LogP contribution in [0.4, 0.5) is 4.79 Å². The Labute approximate surface area is 86.4 Å². The summed E-state index contributed by atoms with van der Waals surface area (Å²) in [6.45, 7) is 0. The fraction of sp³-hybridized carbons (Fsp3) is 0.200. The molecule has 15 heavy (non-hydrogen) atoms. The predicted molar refractivity (Wildman–Crippen MR) is 52.4 cm³/mol. The number of carbonyl (C=O) groups excluding carboxylic acids is 2. The van der Waals surface area contributed by atoms with Gasteiger partial charge in [0, 0.05) is 0 Å². The highest BCUT2D eigenvalue weighted by Crippen LogP contribution is 2.19. The van der Waals surface area contributed by atoms with Crippen LogP contribution in [-0.4, -0.2) is 19.0 Å². The topological polar surface area (TPSA) is 67.4 Å². The minimum Gasteiger partial charge on any atom is -0.497 e. The quantitative estimate of drug-likeness (QED) is 0.695. The molecule has 2 N–H and O–H groups in total. The molecular formula is C10H10N2O3. The first kappa shape index (κ1) is 9.51. The fourth-order valence-corrected chi connectivity index (χ4v) is 1.45. The van der Waals surface area contributed by atoms with Crippen LogP contribution in [0.15, 0.2) is 24.3 Å².